The van der Waals surface area contributed by atoms with Crippen LogP contribution in [0.15, 0.2) is 96.3 Å². The Labute approximate surface area is 249 Å². The van der Waals surface area contributed by atoms with Crippen molar-refractivity contribution >= 4 is 0 Å². The van der Waals surface area contributed by atoms with Gasteiger partial charge in [-0.2, -0.15) is 0 Å². The molecule has 5 rings (SSSR count). The number of ether oxygens (including phenoxy) is 3. The molecule has 2 atom stereocenters. The number of aliphatic hydroxyl groups is 1. The molecule has 0 bridgehead atoms. The average molecular weight is 584 g/mol. The van der Waals surface area contributed by atoms with Gasteiger partial charge in [-0.25, -0.2) is 9.37 Å². The van der Waals surface area contributed by atoms with Gasteiger partial charge in [-0.05, 0) is 78.6 Å². The molecular formula is C34H34FN3O5. The zero-order chi connectivity index (χ0) is 30.5. The van der Waals surface area contributed by atoms with Crippen molar-refractivity contribution in [3.63, 3.8) is 0 Å². The molecule has 5 aromatic rings. The van der Waals surface area contributed by atoms with E-state index in [1.54, 1.807) is 61.6 Å². The van der Waals surface area contributed by atoms with Crippen LogP contribution in [-0.4, -0.2) is 33.4 Å². The van der Waals surface area contributed by atoms with E-state index in [0.29, 0.717) is 23.5 Å². The second-order valence-corrected chi connectivity index (χ2v) is 10.3. The zero-order valence-electron chi connectivity index (χ0n) is 24.5. The minimum atomic E-state index is -1.24. The summed E-state index contributed by atoms with van der Waals surface area (Å²) in [7, 11) is 3.17. The smallest absolute Gasteiger partial charge is 0.257 e. The normalized spacial score (nSPS) is 12.6. The van der Waals surface area contributed by atoms with Gasteiger partial charge in [0.15, 0.2) is 0 Å². The SMILES string of the molecule is COc1ccc(COCc2cc(C(O)c3ccc(-n4cnc(C)c4)c(OC)c3)c(=O)n([C@@H](C)c3ccc(F)cc3)c2)cc1. The summed E-state index contributed by atoms with van der Waals surface area (Å²) < 4.78 is 33.9. The first-order valence-electron chi connectivity index (χ1n) is 13.9. The summed E-state index contributed by atoms with van der Waals surface area (Å²) in [6.45, 7) is 4.30. The molecule has 0 aliphatic carbocycles. The van der Waals surface area contributed by atoms with Gasteiger partial charge < -0.3 is 28.5 Å². The summed E-state index contributed by atoms with van der Waals surface area (Å²) in [6, 6.07) is 20.2. The molecule has 1 N–H and O–H groups in total. The Bertz CT molecular complexity index is 1750. The lowest BCUT2D eigenvalue weighted by Gasteiger charge is -2.21. The number of aromatic nitrogens is 3. The fourth-order valence-electron chi connectivity index (χ4n) is 4.97. The van der Waals surface area contributed by atoms with Crippen molar-refractivity contribution in [1.82, 2.24) is 14.1 Å². The molecular weight excluding hydrogens is 549 g/mol. The molecule has 0 saturated carbocycles. The molecule has 222 valence electrons. The van der Waals surface area contributed by atoms with Gasteiger partial charge in [-0.3, -0.25) is 4.79 Å². The largest absolute Gasteiger partial charge is 0.497 e. The van der Waals surface area contributed by atoms with E-state index < -0.39 is 12.1 Å². The number of halogens is 1. The highest BCUT2D eigenvalue weighted by atomic mass is 19.1. The molecule has 9 heteroatoms. The number of imidazole rings is 1. The highest BCUT2D eigenvalue weighted by Crippen LogP contribution is 2.30. The highest BCUT2D eigenvalue weighted by Gasteiger charge is 2.22. The molecule has 0 aliphatic rings. The van der Waals surface area contributed by atoms with Crippen LogP contribution in [0.5, 0.6) is 11.5 Å². The number of pyridine rings is 1. The first-order chi connectivity index (χ1) is 20.8. The number of nitrogens with zero attached hydrogens (tertiary/aromatic N) is 3. The van der Waals surface area contributed by atoms with Gasteiger partial charge in [0.1, 0.15) is 23.4 Å². The number of methoxy groups -OCH3 is 2. The van der Waals surface area contributed by atoms with E-state index in [4.69, 9.17) is 14.2 Å². The van der Waals surface area contributed by atoms with Gasteiger partial charge in [0.25, 0.3) is 5.56 Å². The Hall–Kier alpha value is -4.73. The molecule has 3 aromatic carbocycles. The highest BCUT2D eigenvalue weighted by molar-refractivity contribution is 5.50. The first-order valence-corrected chi connectivity index (χ1v) is 13.9. The van der Waals surface area contributed by atoms with E-state index in [-0.39, 0.29) is 23.5 Å². The molecule has 2 heterocycles. The molecule has 1 unspecified atom stereocenters. The van der Waals surface area contributed by atoms with Crippen molar-refractivity contribution in [2.45, 2.75) is 39.2 Å². The molecule has 0 spiro atoms. The molecule has 0 saturated heterocycles. The van der Waals surface area contributed by atoms with Crippen LogP contribution in [0.3, 0.4) is 0 Å². The van der Waals surface area contributed by atoms with Crippen molar-refractivity contribution in [1.29, 1.82) is 0 Å². The summed E-state index contributed by atoms with van der Waals surface area (Å²) in [4.78, 5) is 18.1. The van der Waals surface area contributed by atoms with Crippen molar-refractivity contribution < 1.29 is 23.7 Å². The van der Waals surface area contributed by atoms with Crippen LogP contribution in [0, 0.1) is 12.7 Å². The predicted octanol–water partition coefficient (Wildman–Crippen LogP) is 5.91. The second-order valence-electron chi connectivity index (χ2n) is 10.3. The standard InChI is InChI=1S/C34H34FN3O5/c1-22-17-37(21-36-22)31-14-9-27(16-32(31)42-4)33(39)30-15-25(20-43-19-24-5-12-29(41-3)13-6-24)18-38(34(30)40)23(2)26-7-10-28(35)11-8-26/h5-18,21,23,33,39H,19-20H2,1-4H3/t23-,33?/m0/s1. The number of hydrogen-bond acceptors (Lipinski definition) is 6. The Morgan fingerprint density at radius 3 is 2.23 bits per heavy atom. The van der Waals surface area contributed by atoms with Gasteiger partial charge in [-0.15, -0.1) is 0 Å². The van der Waals surface area contributed by atoms with E-state index in [2.05, 4.69) is 4.98 Å². The molecule has 43 heavy (non-hydrogen) atoms. The average Bonchev–Trinajstić information content (AvgIpc) is 3.47. The van der Waals surface area contributed by atoms with Crippen LogP contribution >= 0.6 is 0 Å². The minimum absolute atomic E-state index is 0.188. The van der Waals surface area contributed by atoms with E-state index in [0.717, 1.165) is 28.3 Å². The number of hydrogen-bond donors (Lipinski definition) is 1. The second kappa shape index (κ2) is 13.1. The summed E-state index contributed by atoms with van der Waals surface area (Å²) in [6.07, 6.45) is 4.05. The van der Waals surface area contributed by atoms with Gasteiger partial charge in [-0.1, -0.05) is 30.3 Å². The fourth-order valence-corrected chi connectivity index (χ4v) is 4.97. The van der Waals surface area contributed by atoms with Gasteiger partial charge >= 0.3 is 0 Å². The van der Waals surface area contributed by atoms with Crippen LogP contribution in [0.1, 0.15) is 52.6 Å². The molecule has 0 amide bonds. The fraction of sp³-hybridized carbons (Fsp3) is 0.235. The predicted molar refractivity (Wildman–Crippen MR) is 161 cm³/mol. The number of aliphatic hydroxyl groups excluding tert-OH is 1. The van der Waals surface area contributed by atoms with Crippen molar-refractivity contribution in [2.24, 2.45) is 0 Å². The zero-order valence-corrected chi connectivity index (χ0v) is 24.5. The van der Waals surface area contributed by atoms with Gasteiger partial charge in [0.05, 0.1) is 56.7 Å². The molecule has 2 aromatic heterocycles. The lowest BCUT2D eigenvalue weighted by Crippen LogP contribution is -2.29. The van der Waals surface area contributed by atoms with Gasteiger partial charge in [0, 0.05) is 12.4 Å². The number of rotatable bonds is 11. The lowest BCUT2D eigenvalue weighted by molar-refractivity contribution is 0.106. The summed E-state index contributed by atoms with van der Waals surface area (Å²) in [5.41, 5.74) is 4.34. The van der Waals surface area contributed by atoms with Crippen LogP contribution < -0.4 is 15.0 Å². The monoisotopic (exact) mass is 583 g/mol. The van der Waals surface area contributed by atoms with Gasteiger partial charge in [0.2, 0.25) is 0 Å². The maximum Gasteiger partial charge on any atom is 0.257 e. The van der Waals surface area contributed by atoms with Crippen molar-refractivity contribution in [3.05, 3.63) is 141 Å². The topological polar surface area (TPSA) is 87.7 Å². The lowest BCUT2D eigenvalue weighted by atomic mass is 9.99. The van der Waals surface area contributed by atoms with E-state index in [1.807, 2.05) is 54.9 Å². The van der Waals surface area contributed by atoms with E-state index in [1.165, 1.54) is 12.1 Å². The number of benzene rings is 3. The molecule has 8 nitrogen and oxygen atoms in total. The Morgan fingerprint density at radius 1 is 0.884 bits per heavy atom. The minimum Gasteiger partial charge on any atom is -0.497 e. The van der Waals surface area contributed by atoms with E-state index >= 15 is 0 Å². The third kappa shape index (κ3) is 6.69. The Balaban J connectivity index is 1.49. The third-order valence-electron chi connectivity index (χ3n) is 7.40. The Morgan fingerprint density at radius 2 is 1.58 bits per heavy atom. The summed E-state index contributed by atoms with van der Waals surface area (Å²) in [5.74, 6) is 0.922. The molecule has 0 aliphatic heterocycles. The maximum absolute atomic E-state index is 13.9. The van der Waals surface area contributed by atoms with E-state index in [9.17, 15) is 14.3 Å². The summed E-state index contributed by atoms with van der Waals surface area (Å²) in [5, 5.41) is 11.6. The van der Waals surface area contributed by atoms with Crippen LogP contribution in [0.4, 0.5) is 4.39 Å². The molecule has 0 radical (unpaired) electrons. The third-order valence-corrected chi connectivity index (χ3v) is 7.40. The number of aryl methyl sites for hydroxylation is 1. The maximum atomic E-state index is 13.9. The summed E-state index contributed by atoms with van der Waals surface area (Å²) >= 11 is 0. The quantitative estimate of drug-likeness (QED) is 0.208. The first kappa shape index (κ1) is 29.8. The molecule has 0 fully saturated rings. The van der Waals surface area contributed by atoms with Crippen molar-refractivity contribution in [2.75, 3.05) is 14.2 Å². The van der Waals surface area contributed by atoms with Crippen LogP contribution in [-0.2, 0) is 18.0 Å². The Kier molecular flexibility index (Phi) is 9.04. The van der Waals surface area contributed by atoms with Crippen LogP contribution in [0.2, 0.25) is 0 Å². The van der Waals surface area contributed by atoms with Crippen LogP contribution in [0.25, 0.3) is 5.69 Å². The van der Waals surface area contributed by atoms with Crippen molar-refractivity contribution in [3.8, 4) is 17.2 Å².